The maximum Gasteiger partial charge on any atom is 0.342 e. The lowest BCUT2D eigenvalue weighted by molar-refractivity contribution is -0.385. The highest BCUT2D eigenvalue weighted by atomic mass is 16.6. The minimum Gasteiger partial charge on any atom is -0.493 e. The van der Waals surface area contributed by atoms with E-state index in [0.717, 1.165) is 12.1 Å². The number of carbonyl (C=O) groups is 2. The molecule has 0 heterocycles. The van der Waals surface area contributed by atoms with E-state index in [0.29, 0.717) is 0 Å². The topological polar surface area (TPSA) is 119 Å². The van der Waals surface area contributed by atoms with E-state index in [-0.39, 0.29) is 24.0 Å². The third kappa shape index (κ3) is 3.81. The molecule has 0 saturated heterocycles. The number of carboxylic acids is 1. The molecule has 0 aromatic heterocycles. The number of carbonyl (C=O) groups excluding carboxylic acids is 1. The number of benzene rings is 1. The average Bonchev–Trinajstić information content (AvgIpc) is 2.43. The summed E-state index contributed by atoms with van der Waals surface area (Å²) < 4.78 is 10.1. The first-order valence-corrected chi connectivity index (χ1v) is 5.70. The number of hydrogen-bond acceptors (Lipinski definition) is 6. The lowest BCUT2D eigenvalue weighted by Crippen LogP contribution is -2.27. The molecule has 0 radical (unpaired) electrons. The third-order valence-electron chi connectivity index (χ3n) is 2.56. The molecule has 0 unspecified atom stereocenters. The largest absolute Gasteiger partial charge is 0.493 e. The molecule has 1 amide bonds. The number of hydrogen-bond donors (Lipinski definition) is 1. The zero-order valence-electron chi connectivity index (χ0n) is 11.7. The van der Waals surface area contributed by atoms with Crippen molar-refractivity contribution < 1.29 is 29.1 Å². The summed E-state index contributed by atoms with van der Waals surface area (Å²) in [5, 5.41) is 19.8. The fourth-order valence-corrected chi connectivity index (χ4v) is 1.41. The summed E-state index contributed by atoms with van der Waals surface area (Å²) in [7, 11) is 4.31. The summed E-state index contributed by atoms with van der Waals surface area (Å²) in [5.41, 5.74) is -1.17. The lowest BCUT2D eigenvalue weighted by atomic mass is 10.1. The summed E-state index contributed by atoms with van der Waals surface area (Å²) >= 11 is 0. The summed E-state index contributed by atoms with van der Waals surface area (Å²) in [6.45, 7) is -0.354. The Bertz CT molecular complexity index is 583. The molecule has 0 aliphatic carbocycles. The van der Waals surface area contributed by atoms with Crippen molar-refractivity contribution in [3.63, 3.8) is 0 Å². The van der Waals surface area contributed by atoms with Gasteiger partial charge in [0.25, 0.3) is 11.6 Å². The number of methoxy groups -OCH3 is 1. The van der Waals surface area contributed by atoms with E-state index in [9.17, 15) is 19.7 Å². The molecule has 0 spiro atoms. The summed E-state index contributed by atoms with van der Waals surface area (Å²) in [6.07, 6.45) is 0. The van der Waals surface area contributed by atoms with Gasteiger partial charge in [-0.1, -0.05) is 0 Å². The molecule has 9 heteroatoms. The highest BCUT2D eigenvalue weighted by Gasteiger charge is 2.24. The second-order valence-electron chi connectivity index (χ2n) is 4.16. The van der Waals surface area contributed by atoms with Gasteiger partial charge in [-0.3, -0.25) is 14.9 Å². The predicted octanol–water partition coefficient (Wildman–Crippen LogP) is 0.769. The van der Waals surface area contributed by atoms with Crippen LogP contribution >= 0.6 is 0 Å². The van der Waals surface area contributed by atoms with Crippen molar-refractivity contribution in [2.45, 2.75) is 0 Å². The van der Waals surface area contributed by atoms with Crippen LogP contribution in [0.4, 0.5) is 5.69 Å². The number of rotatable bonds is 6. The second kappa shape index (κ2) is 6.55. The molecule has 0 bridgehead atoms. The Labute approximate surface area is 119 Å². The first kappa shape index (κ1) is 16.2. The predicted molar refractivity (Wildman–Crippen MR) is 70.8 cm³/mol. The molecular weight excluding hydrogens is 284 g/mol. The van der Waals surface area contributed by atoms with Gasteiger partial charge >= 0.3 is 5.97 Å². The van der Waals surface area contributed by atoms with Gasteiger partial charge in [-0.25, -0.2) is 4.79 Å². The Balaban J connectivity index is 3.19. The van der Waals surface area contributed by atoms with Gasteiger partial charge in [0.05, 0.1) is 18.1 Å². The zero-order valence-corrected chi connectivity index (χ0v) is 11.7. The molecule has 0 aliphatic heterocycles. The minimum absolute atomic E-state index is 0.00967. The second-order valence-corrected chi connectivity index (χ2v) is 4.16. The van der Waals surface area contributed by atoms with E-state index in [2.05, 4.69) is 0 Å². The number of nitro groups is 1. The van der Waals surface area contributed by atoms with Crippen LogP contribution in [0.1, 0.15) is 10.4 Å². The molecule has 0 atom stereocenters. The Morgan fingerprint density at radius 3 is 2.38 bits per heavy atom. The normalized spacial score (nSPS) is 9.86. The number of aromatic carboxylic acids is 1. The van der Waals surface area contributed by atoms with Gasteiger partial charge < -0.3 is 19.5 Å². The smallest absolute Gasteiger partial charge is 0.342 e. The van der Waals surface area contributed by atoms with Gasteiger partial charge in [0, 0.05) is 20.2 Å². The van der Waals surface area contributed by atoms with Crippen molar-refractivity contribution in [3.05, 3.63) is 27.8 Å². The fourth-order valence-electron chi connectivity index (χ4n) is 1.41. The minimum atomic E-state index is -1.46. The number of carboxylic acid groups (broad SMARTS) is 1. The zero-order chi connectivity index (χ0) is 16.2. The fraction of sp³-hybridized carbons (Fsp3) is 0.333. The Morgan fingerprint density at radius 1 is 1.33 bits per heavy atom. The molecule has 21 heavy (non-hydrogen) atoms. The summed E-state index contributed by atoms with van der Waals surface area (Å²) in [5.74, 6) is -1.91. The standard InChI is InChI=1S/C12H14N2O7/c1-13(2)11(15)6-21-10-5-8(14(18)19)7(12(16)17)4-9(10)20-3/h4-5H,6H2,1-3H3,(H,16,17). The third-order valence-corrected chi connectivity index (χ3v) is 2.56. The molecule has 114 valence electrons. The lowest BCUT2D eigenvalue weighted by Gasteiger charge is -2.14. The van der Waals surface area contributed by atoms with E-state index >= 15 is 0 Å². The molecule has 1 rings (SSSR count). The molecule has 1 aromatic carbocycles. The van der Waals surface area contributed by atoms with Gasteiger partial charge in [0.2, 0.25) is 0 Å². The van der Waals surface area contributed by atoms with Crippen molar-refractivity contribution in [3.8, 4) is 11.5 Å². The number of amides is 1. The van der Waals surface area contributed by atoms with Crippen LogP contribution in [-0.4, -0.2) is 54.6 Å². The van der Waals surface area contributed by atoms with E-state index < -0.39 is 22.1 Å². The Kier molecular flexibility index (Phi) is 5.06. The molecule has 0 fully saturated rings. The maximum absolute atomic E-state index is 11.4. The number of ether oxygens (including phenoxy) is 2. The number of nitro benzene ring substituents is 1. The van der Waals surface area contributed by atoms with E-state index in [4.69, 9.17) is 14.6 Å². The quantitative estimate of drug-likeness (QED) is 0.608. The van der Waals surface area contributed by atoms with Crippen molar-refractivity contribution in [1.82, 2.24) is 4.90 Å². The maximum atomic E-state index is 11.4. The first-order valence-electron chi connectivity index (χ1n) is 5.70. The van der Waals surface area contributed by atoms with Gasteiger partial charge in [-0.05, 0) is 0 Å². The van der Waals surface area contributed by atoms with Crippen LogP contribution in [-0.2, 0) is 4.79 Å². The highest BCUT2D eigenvalue weighted by Crippen LogP contribution is 2.34. The van der Waals surface area contributed by atoms with Crippen LogP contribution in [0.15, 0.2) is 12.1 Å². The van der Waals surface area contributed by atoms with Crippen LogP contribution < -0.4 is 9.47 Å². The molecule has 1 N–H and O–H groups in total. The van der Waals surface area contributed by atoms with Crippen LogP contribution in [0.25, 0.3) is 0 Å². The van der Waals surface area contributed by atoms with Gasteiger partial charge in [0.15, 0.2) is 18.1 Å². The van der Waals surface area contributed by atoms with Crippen molar-refractivity contribution >= 4 is 17.6 Å². The van der Waals surface area contributed by atoms with Crippen LogP contribution in [0.3, 0.4) is 0 Å². The molecule has 9 nitrogen and oxygen atoms in total. The monoisotopic (exact) mass is 298 g/mol. The SMILES string of the molecule is COc1cc(C(=O)O)c([N+](=O)[O-])cc1OCC(=O)N(C)C. The average molecular weight is 298 g/mol. The Morgan fingerprint density at radius 2 is 1.95 bits per heavy atom. The van der Waals surface area contributed by atoms with Gasteiger partial charge in [-0.2, -0.15) is 0 Å². The molecule has 0 aliphatic rings. The van der Waals surface area contributed by atoms with E-state index in [1.807, 2.05) is 0 Å². The van der Waals surface area contributed by atoms with Crippen LogP contribution in [0.5, 0.6) is 11.5 Å². The molecular formula is C12H14N2O7. The summed E-state index contributed by atoms with van der Waals surface area (Å²) in [6, 6.07) is 1.90. The van der Waals surface area contributed by atoms with Gasteiger partial charge in [-0.15, -0.1) is 0 Å². The molecule has 0 saturated carbocycles. The Hall–Kier alpha value is -2.84. The van der Waals surface area contributed by atoms with Crippen LogP contribution in [0, 0.1) is 10.1 Å². The number of likely N-dealkylation sites (N-methyl/N-ethyl adjacent to an activating group) is 1. The highest BCUT2D eigenvalue weighted by molar-refractivity contribution is 5.93. The van der Waals surface area contributed by atoms with Gasteiger partial charge in [0.1, 0.15) is 5.56 Å². The van der Waals surface area contributed by atoms with Crippen molar-refractivity contribution in [2.24, 2.45) is 0 Å². The van der Waals surface area contributed by atoms with E-state index in [1.54, 1.807) is 0 Å². The van der Waals surface area contributed by atoms with Crippen molar-refractivity contribution in [1.29, 1.82) is 0 Å². The van der Waals surface area contributed by atoms with Crippen molar-refractivity contribution in [2.75, 3.05) is 27.8 Å². The summed E-state index contributed by atoms with van der Waals surface area (Å²) in [4.78, 5) is 33.8. The molecule has 1 aromatic rings. The first-order chi connectivity index (χ1) is 9.77. The van der Waals surface area contributed by atoms with Crippen LogP contribution in [0.2, 0.25) is 0 Å². The van der Waals surface area contributed by atoms with E-state index in [1.165, 1.54) is 26.1 Å². The number of nitrogens with zero attached hydrogens (tertiary/aromatic N) is 2.